The van der Waals surface area contributed by atoms with Gasteiger partial charge in [0, 0.05) is 31.5 Å². The van der Waals surface area contributed by atoms with Gasteiger partial charge in [0.1, 0.15) is 11.3 Å². The van der Waals surface area contributed by atoms with E-state index >= 15 is 0 Å². The summed E-state index contributed by atoms with van der Waals surface area (Å²) in [5.74, 6) is -0.162. The summed E-state index contributed by atoms with van der Waals surface area (Å²) in [5.41, 5.74) is 3.68. The second-order valence-electron chi connectivity index (χ2n) is 8.25. The van der Waals surface area contributed by atoms with E-state index in [0.717, 1.165) is 49.3 Å². The Bertz CT molecular complexity index is 1070. The predicted molar refractivity (Wildman–Crippen MR) is 124 cm³/mol. The average molecular weight is 441 g/mol. The fraction of sp³-hybridized carbons (Fsp3) is 0.417. The number of piperidine rings is 1. The molecule has 0 spiro atoms. The first-order valence-corrected chi connectivity index (χ1v) is 11.3. The molecular weight excluding hydrogens is 412 g/mol. The molecule has 1 aliphatic rings. The topological polar surface area (TPSA) is 69.9 Å². The average Bonchev–Trinajstić information content (AvgIpc) is 3.16. The van der Waals surface area contributed by atoms with Crippen LogP contribution in [0, 0.1) is 0 Å². The van der Waals surface area contributed by atoms with Gasteiger partial charge in [-0.3, -0.25) is 9.20 Å². The molecule has 2 aromatic heterocycles. The molecule has 3 heterocycles. The second kappa shape index (κ2) is 8.89. The number of halogens is 1. The van der Waals surface area contributed by atoms with Crippen LogP contribution in [0.1, 0.15) is 54.9 Å². The number of carbonyl (C=O) groups excluding carboxylic acids is 1. The molecule has 3 aromatic rings. The maximum atomic E-state index is 12.9. The molecule has 1 aliphatic heterocycles. The number of nitrogens with one attached hydrogen (secondary N) is 1. The molecule has 6 nitrogen and oxygen atoms in total. The smallest absolute Gasteiger partial charge is 0.270 e. The summed E-state index contributed by atoms with van der Waals surface area (Å²) in [7, 11) is 0. The number of pyridine rings is 1. The number of hydrogen-bond acceptors (Lipinski definition) is 4. The van der Waals surface area contributed by atoms with E-state index in [0.29, 0.717) is 29.3 Å². The van der Waals surface area contributed by atoms with Gasteiger partial charge in [0.2, 0.25) is 0 Å². The number of anilines is 1. The number of benzene rings is 1. The van der Waals surface area contributed by atoms with Crippen molar-refractivity contribution in [1.29, 1.82) is 0 Å². The number of fused-ring (bicyclic) bond motifs is 1. The van der Waals surface area contributed by atoms with Crippen molar-refractivity contribution in [1.82, 2.24) is 14.7 Å². The highest BCUT2D eigenvalue weighted by molar-refractivity contribution is 6.30. The van der Waals surface area contributed by atoms with Crippen molar-refractivity contribution in [3.8, 4) is 0 Å². The van der Waals surface area contributed by atoms with Gasteiger partial charge in [-0.1, -0.05) is 37.6 Å². The number of amides is 1. The van der Waals surface area contributed by atoms with Crippen LogP contribution in [0.3, 0.4) is 0 Å². The molecule has 1 saturated heterocycles. The van der Waals surface area contributed by atoms with E-state index in [4.69, 9.17) is 11.6 Å². The Hall–Kier alpha value is -2.57. The van der Waals surface area contributed by atoms with Crippen molar-refractivity contribution in [3.05, 3.63) is 64.6 Å². The van der Waals surface area contributed by atoms with E-state index < -0.39 is 5.60 Å². The second-order valence-corrected chi connectivity index (χ2v) is 8.69. The van der Waals surface area contributed by atoms with Gasteiger partial charge in [-0.2, -0.15) is 0 Å². The Kier molecular flexibility index (Phi) is 6.21. The van der Waals surface area contributed by atoms with Gasteiger partial charge in [-0.25, -0.2) is 4.98 Å². The third kappa shape index (κ3) is 4.55. The van der Waals surface area contributed by atoms with Crippen LogP contribution in [0.15, 0.2) is 42.6 Å². The highest BCUT2D eigenvalue weighted by atomic mass is 35.5. The minimum atomic E-state index is -0.514. The Balaban J connectivity index is 1.42. The minimum absolute atomic E-state index is 0.162. The summed E-state index contributed by atoms with van der Waals surface area (Å²) in [4.78, 5) is 19.8. The molecule has 1 fully saturated rings. The molecule has 0 unspecified atom stereocenters. The lowest BCUT2D eigenvalue weighted by Crippen LogP contribution is -2.44. The van der Waals surface area contributed by atoms with Gasteiger partial charge in [-0.05, 0) is 55.5 Å². The summed E-state index contributed by atoms with van der Waals surface area (Å²) in [6.07, 6.45) is 4.79. The quantitative estimate of drug-likeness (QED) is 0.602. The summed E-state index contributed by atoms with van der Waals surface area (Å²) in [5, 5.41) is 14.0. The molecule has 0 radical (unpaired) electrons. The lowest BCUT2D eigenvalue weighted by molar-refractivity contribution is 0.0126. The van der Waals surface area contributed by atoms with E-state index in [1.54, 1.807) is 16.7 Å². The highest BCUT2D eigenvalue weighted by Crippen LogP contribution is 2.28. The number of carbonyl (C=O) groups is 1. The summed E-state index contributed by atoms with van der Waals surface area (Å²) in [6.45, 7) is 6.18. The first-order chi connectivity index (χ1) is 14.9. The number of aryl methyl sites for hydroxylation is 1. The Labute approximate surface area is 187 Å². The van der Waals surface area contributed by atoms with E-state index in [1.165, 1.54) is 0 Å². The van der Waals surface area contributed by atoms with Crippen LogP contribution in [-0.4, -0.2) is 39.1 Å². The van der Waals surface area contributed by atoms with Crippen molar-refractivity contribution in [2.24, 2.45) is 0 Å². The van der Waals surface area contributed by atoms with Gasteiger partial charge < -0.3 is 15.3 Å². The maximum Gasteiger partial charge on any atom is 0.270 e. The molecule has 0 atom stereocenters. The number of aromatic nitrogens is 2. The monoisotopic (exact) mass is 440 g/mol. The SMILES string of the molecule is CCc1nc2ccc(Cl)cn2c1C(=O)NCc1ccc(N2CCC(O)(CC)CC2)cc1. The molecule has 0 aliphatic carbocycles. The first-order valence-electron chi connectivity index (χ1n) is 10.9. The van der Waals surface area contributed by atoms with Gasteiger partial charge >= 0.3 is 0 Å². The maximum absolute atomic E-state index is 12.9. The van der Waals surface area contributed by atoms with E-state index in [1.807, 2.05) is 32.0 Å². The molecule has 4 rings (SSSR count). The molecule has 0 saturated carbocycles. The summed E-state index contributed by atoms with van der Waals surface area (Å²) in [6, 6.07) is 11.9. The molecule has 31 heavy (non-hydrogen) atoms. The molecule has 0 bridgehead atoms. The fourth-order valence-electron chi connectivity index (χ4n) is 4.18. The van der Waals surface area contributed by atoms with Crippen LogP contribution in [0.4, 0.5) is 5.69 Å². The zero-order valence-corrected chi connectivity index (χ0v) is 18.8. The third-order valence-corrected chi connectivity index (χ3v) is 6.54. The van der Waals surface area contributed by atoms with Crippen molar-refractivity contribution >= 4 is 28.8 Å². The highest BCUT2D eigenvalue weighted by Gasteiger charge is 2.30. The first kappa shape index (κ1) is 21.7. The lowest BCUT2D eigenvalue weighted by atomic mass is 9.89. The number of rotatable bonds is 6. The molecule has 1 amide bonds. The number of hydrogen-bond donors (Lipinski definition) is 2. The normalized spacial score (nSPS) is 15.9. The van der Waals surface area contributed by atoms with Gasteiger partial charge in [-0.15, -0.1) is 0 Å². The molecular formula is C24H29ClN4O2. The van der Waals surface area contributed by atoms with Gasteiger partial charge in [0.25, 0.3) is 5.91 Å². The van der Waals surface area contributed by atoms with Crippen molar-refractivity contribution < 1.29 is 9.90 Å². The van der Waals surface area contributed by atoms with E-state index in [-0.39, 0.29) is 5.91 Å². The summed E-state index contributed by atoms with van der Waals surface area (Å²) < 4.78 is 1.76. The number of imidazole rings is 1. The predicted octanol–water partition coefficient (Wildman–Crippen LogP) is 4.22. The largest absolute Gasteiger partial charge is 0.390 e. The molecule has 2 N–H and O–H groups in total. The van der Waals surface area contributed by atoms with Crippen LogP contribution in [-0.2, 0) is 13.0 Å². The molecule has 7 heteroatoms. The van der Waals surface area contributed by atoms with Crippen molar-refractivity contribution in [2.45, 2.75) is 51.7 Å². The Morgan fingerprint density at radius 1 is 1.16 bits per heavy atom. The summed E-state index contributed by atoms with van der Waals surface area (Å²) >= 11 is 6.13. The molecule has 164 valence electrons. The van der Waals surface area contributed by atoms with Crippen molar-refractivity contribution in [3.63, 3.8) is 0 Å². The van der Waals surface area contributed by atoms with Gasteiger partial charge in [0.15, 0.2) is 0 Å². The zero-order valence-electron chi connectivity index (χ0n) is 18.1. The van der Waals surface area contributed by atoms with Crippen molar-refractivity contribution in [2.75, 3.05) is 18.0 Å². The van der Waals surface area contributed by atoms with Gasteiger partial charge in [0.05, 0.1) is 16.3 Å². The molecule has 1 aromatic carbocycles. The number of aliphatic hydroxyl groups is 1. The van der Waals surface area contributed by atoms with Crippen LogP contribution in [0.5, 0.6) is 0 Å². The van der Waals surface area contributed by atoms with Crippen LogP contribution >= 0.6 is 11.6 Å². The van der Waals surface area contributed by atoms with E-state index in [2.05, 4.69) is 27.3 Å². The Morgan fingerprint density at radius 3 is 2.52 bits per heavy atom. The zero-order chi connectivity index (χ0) is 22.0. The lowest BCUT2D eigenvalue weighted by Gasteiger charge is -2.38. The van der Waals surface area contributed by atoms with E-state index in [9.17, 15) is 9.90 Å². The van der Waals surface area contributed by atoms with Crippen LogP contribution in [0.2, 0.25) is 5.02 Å². The van der Waals surface area contributed by atoms with Crippen LogP contribution in [0.25, 0.3) is 5.65 Å². The standard InChI is InChI=1S/C24H29ClN4O2/c1-3-20-22(29-16-18(25)7-10-21(29)27-20)23(30)26-15-17-5-8-19(9-6-17)28-13-11-24(31,4-2)12-14-28/h5-10,16,31H,3-4,11-15H2,1-2H3,(H,26,30). The Morgan fingerprint density at radius 2 is 1.87 bits per heavy atom. The van der Waals surface area contributed by atoms with Crippen LogP contribution < -0.4 is 10.2 Å². The minimum Gasteiger partial charge on any atom is -0.390 e. The fourth-order valence-corrected chi connectivity index (χ4v) is 4.34. The number of nitrogens with zero attached hydrogens (tertiary/aromatic N) is 3. The third-order valence-electron chi connectivity index (χ3n) is 6.31.